The Bertz CT molecular complexity index is 653. The Morgan fingerprint density at radius 1 is 1.35 bits per heavy atom. The lowest BCUT2D eigenvalue weighted by Gasteiger charge is -2.09. The highest BCUT2D eigenvalue weighted by Gasteiger charge is 2.22. The van der Waals surface area contributed by atoms with Gasteiger partial charge in [0.05, 0.1) is 16.2 Å². The van der Waals surface area contributed by atoms with Crippen molar-refractivity contribution in [2.75, 3.05) is 6.54 Å². The third-order valence-electron chi connectivity index (χ3n) is 2.61. The van der Waals surface area contributed by atoms with E-state index in [1.54, 1.807) is 0 Å². The highest BCUT2D eigenvalue weighted by Crippen LogP contribution is 2.25. The van der Waals surface area contributed by atoms with Gasteiger partial charge in [-0.05, 0) is 25.5 Å². The Balaban J connectivity index is 3.14. The van der Waals surface area contributed by atoms with Crippen molar-refractivity contribution in [1.82, 2.24) is 4.72 Å². The van der Waals surface area contributed by atoms with E-state index in [4.69, 9.17) is 5.11 Å². The van der Waals surface area contributed by atoms with E-state index < -0.39 is 20.9 Å². The lowest BCUT2D eigenvalue weighted by Crippen LogP contribution is -2.27. The van der Waals surface area contributed by atoms with E-state index in [1.807, 2.05) is 0 Å². The number of carboxylic acid groups (broad SMARTS) is 1. The van der Waals surface area contributed by atoms with Crippen LogP contribution < -0.4 is 4.72 Å². The monoisotopic (exact) mass is 302 g/mol. The van der Waals surface area contributed by atoms with Gasteiger partial charge in [-0.1, -0.05) is 0 Å². The third kappa shape index (κ3) is 3.75. The number of benzene rings is 1. The number of sulfonamides is 1. The molecule has 0 radical (unpaired) electrons. The van der Waals surface area contributed by atoms with E-state index in [-0.39, 0.29) is 23.5 Å². The summed E-state index contributed by atoms with van der Waals surface area (Å²) in [5, 5.41) is 19.3. The minimum absolute atomic E-state index is 0.222. The highest BCUT2D eigenvalue weighted by molar-refractivity contribution is 7.89. The van der Waals surface area contributed by atoms with Crippen LogP contribution in [0.2, 0.25) is 0 Å². The van der Waals surface area contributed by atoms with Gasteiger partial charge in [0.15, 0.2) is 0 Å². The highest BCUT2D eigenvalue weighted by atomic mass is 32.2. The molecule has 1 rings (SSSR count). The van der Waals surface area contributed by atoms with Gasteiger partial charge in [-0.2, -0.15) is 0 Å². The van der Waals surface area contributed by atoms with E-state index in [0.717, 1.165) is 6.07 Å². The molecule has 0 heterocycles. The van der Waals surface area contributed by atoms with E-state index in [1.165, 1.54) is 19.9 Å². The lowest BCUT2D eigenvalue weighted by atomic mass is 10.1. The number of carboxylic acids is 1. The molecule has 0 saturated carbocycles. The maximum absolute atomic E-state index is 12.0. The second-order valence-electron chi connectivity index (χ2n) is 4.20. The van der Waals surface area contributed by atoms with Crippen molar-refractivity contribution in [1.29, 1.82) is 0 Å². The molecule has 0 amide bonds. The van der Waals surface area contributed by atoms with Gasteiger partial charge < -0.3 is 5.11 Å². The van der Waals surface area contributed by atoms with Crippen molar-refractivity contribution >= 4 is 21.7 Å². The second kappa shape index (κ2) is 5.97. The van der Waals surface area contributed by atoms with Gasteiger partial charge >= 0.3 is 5.97 Å². The minimum Gasteiger partial charge on any atom is -0.481 e. The number of hydrogen-bond acceptors (Lipinski definition) is 5. The number of nitro groups is 1. The summed E-state index contributed by atoms with van der Waals surface area (Å²) in [6, 6.07) is 2.39. The summed E-state index contributed by atoms with van der Waals surface area (Å²) in [7, 11) is -3.98. The van der Waals surface area contributed by atoms with Crippen LogP contribution in [0, 0.1) is 24.0 Å². The molecule has 0 unspecified atom stereocenters. The molecule has 2 N–H and O–H groups in total. The molecule has 9 heteroatoms. The molecule has 0 atom stereocenters. The van der Waals surface area contributed by atoms with Crippen LogP contribution >= 0.6 is 0 Å². The fourth-order valence-electron chi connectivity index (χ4n) is 1.68. The van der Waals surface area contributed by atoms with Crippen molar-refractivity contribution in [2.45, 2.75) is 25.2 Å². The smallest absolute Gasteiger partial charge is 0.304 e. The molecule has 1 aromatic carbocycles. The standard InChI is InChI=1S/C11H14N2O6S/c1-7-5-8(2)10(6-9(7)13(16)17)20(18,19)12-4-3-11(14)15/h5-6,12H,3-4H2,1-2H3,(H,14,15). The number of rotatable bonds is 6. The van der Waals surface area contributed by atoms with Crippen LogP contribution in [-0.2, 0) is 14.8 Å². The first-order valence-corrected chi connectivity index (χ1v) is 7.10. The normalized spacial score (nSPS) is 11.3. The Hall–Kier alpha value is -2.00. The van der Waals surface area contributed by atoms with Gasteiger partial charge in [-0.3, -0.25) is 14.9 Å². The summed E-state index contributed by atoms with van der Waals surface area (Å²) in [6.07, 6.45) is -0.369. The zero-order chi connectivity index (χ0) is 15.5. The zero-order valence-corrected chi connectivity index (χ0v) is 11.7. The van der Waals surface area contributed by atoms with Gasteiger partial charge in [0.25, 0.3) is 5.69 Å². The largest absolute Gasteiger partial charge is 0.481 e. The Kier molecular flexibility index (Phi) is 4.79. The van der Waals surface area contributed by atoms with Crippen molar-refractivity contribution in [2.24, 2.45) is 0 Å². The van der Waals surface area contributed by atoms with Crippen LogP contribution in [0.25, 0.3) is 0 Å². The summed E-state index contributed by atoms with van der Waals surface area (Å²) in [6.45, 7) is 2.75. The lowest BCUT2D eigenvalue weighted by molar-refractivity contribution is -0.385. The van der Waals surface area contributed by atoms with E-state index >= 15 is 0 Å². The van der Waals surface area contributed by atoms with E-state index in [2.05, 4.69) is 4.72 Å². The van der Waals surface area contributed by atoms with Crippen molar-refractivity contribution < 1.29 is 23.2 Å². The maximum Gasteiger partial charge on any atom is 0.304 e. The molecule has 0 spiro atoms. The van der Waals surface area contributed by atoms with Crippen LogP contribution in [0.1, 0.15) is 17.5 Å². The average molecular weight is 302 g/mol. The Morgan fingerprint density at radius 2 is 1.95 bits per heavy atom. The summed E-state index contributed by atoms with van der Waals surface area (Å²) in [4.78, 5) is 20.3. The molecule has 0 saturated heterocycles. The predicted octanol–water partition coefficient (Wildman–Crippen LogP) is 0.965. The summed E-state index contributed by atoms with van der Waals surface area (Å²) in [5.41, 5.74) is 0.419. The number of nitrogens with one attached hydrogen (secondary N) is 1. The number of nitro benzene ring substituents is 1. The van der Waals surface area contributed by atoms with Crippen LogP contribution in [0.4, 0.5) is 5.69 Å². The van der Waals surface area contributed by atoms with Crippen LogP contribution in [0.15, 0.2) is 17.0 Å². The molecule has 0 aliphatic carbocycles. The third-order valence-corrected chi connectivity index (χ3v) is 4.21. The Labute approximate surface area is 115 Å². The topological polar surface area (TPSA) is 127 Å². The molecule has 110 valence electrons. The van der Waals surface area contributed by atoms with Gasteiger partial charge in [-0.25, -0.2) is 13.1 Å². The SMILES string of the molecule is Cc1cc(C)c(S(=O)(=O)NCCC(=O)O)cc1[N+](=O)[O-]. The van der Waals surface area contributed by atoms with Crippen LogP contribution in [0.3, 0.4) is 0 Å². The molecular formula is C11H14N2O6S. The second-order valence-corrected chi connectivity index (χ2v) is 5.94. The molecule has 0 aliphatic heterocycles. The zero-order valence-electron chi connectivity index (χ0n) is 10.9. The van der Waals surface area contributed by atoms with Gasteiger partial charge in [0.2, 0.25) is 10.0 Å². The molecule has 0 fully saturated rings. The molecule has 1 aromatic rings. The fraction of sp³-hybridized carbons (Fsp3) is 0.364. The number of carbonyl (C=O) groups is 1. The first-order chi connectivity index (χ1) is 9.15. The minimum atomic E-state index is -3.98. The maximum atomic E-state index is 12.0. The van der Waals surface area contributed by atoms with Gasteiger partial charge in [0.1, 0.15) is 0 Å². The number of hydrogen-bond donors (Lipinski definition) is 2. The molecule has 0 aromatic heterocycles. The van der Waals surface area contributed by atoms with Crippen molar-refractivity contribution in [3.05, 3.63) is 33.4 Å². The number of aryl methyl sites for hydroxylation is 2. The summed E-state index contributed by atoms with van der Waals surface area (Å²) < 4.78 is 26.1. The molecule has 8 nitrogen and oxygen atoms in total. The van der Waals surface area contributed by atoms with Gasteiger partial charge in [-0.15, -0.1) is 0 Å². The Morgan fingerprint density at radius 3 is 2.45 bits per heavy atom. The quantitative estimate of drug-likeness (QED) is 0.595. The summed E-state index contributed by atoms with van der Waals surface area (Å²) in [5.74, 6) is -1.14. The first kappa shape index (κ1) is 16.1. The van der Waals surface area contributed by atoms with Crippen molar-refractivity contribution in [3.63, 3.8) is 0 Å². The number of aliphatic carboxylic acids is 1. The fourth-order valence-corrected chi connectivity index (χ4v) is 2.95. The molecular weight excluding hydrogens is 288 g/mol. The van der Waals surface area contributed by atoms with Crippen LogP contribution in [0.5, 0.6) is 0 Å². The van der Waals surface area contributed by atoms with Crippen molar-refractivity contribution in [3.8, 4) is 0 Å². The molecule has 20 heavy (non-hydrogen) atoms. The summed E-state index contributed by atoms with van der Waals surface area (Å²) >= 11 is 0. The van der Waals surface area contributed by atoms with Gasteiger partial charge in [0, 0.05) is 18.2 Å². The van der Waals surface area contributed by atoms with E-state index in [9.17, 15) is 23.3 Å². The average Bonchev–Trinajstić information content (AvgIpc) is 2.26. The first-order valence-electron chi connectivity index (χ1n) is 5.62. The van der Waals surface area contributed by atoms with E-state index in [0.29, 0.717) is 11.1 Å². The predicted molar refractivity (Wildman–Crippen MR) is 70.0 cm³/mol. The number of nitrogens with zero attached hydrogens (tertiary/aromatic N) is 1. The molecule has 0 bridgehead atoms. The molecule has 0 aliphatic rings. The van der Waals surface area contributed by atoms with Crippen LogP contribution in [-0.4, -0.2) is 31.0 Å².